The van der Waals surface area contributed by atoms with Crippen molar-refractivity contribution in [3.05, 3.63) is 28.3 Å². The van der Waals surface area contributed by atoms with Gasteiger partial charge in [0.25, 0.3) is 0 Å². The zero-order valence-electron chi connectivity index (χ0n) is 11.5. The highest BCUT2D eigenvalue weighted by atomic mass is 16.5. The molecule has 0 amide bonds. The average molecular weight is 232 g/mol. The first-order valence-corrected chi connectivity index (χ1v) is 5.64. The van der Waals surface area contributed by atoms with Crippen molar-refractivity contribution >= 4 is 0 Å². The van der Waals surface area contributed by atoms with Gasteiger partial charge < -0.3 is 4.74 Å². The molecule has 0 radical (unpaired) electrons. The molecule has 0 heterocycles. The number of rotatable bonds is 3. The number of hydrogen-bond acceptors (Lipinski definition) is 3. The number of methoxy groups -OCH3 is 1. The van der Waals surface area contributed by atoms with E-state index < -0.39 is 0 Å². The Morgan fingerprint density at radius 2 is 1.82 bits per heavy atom. The van der Waals surface area contributed by atoms with Gasteiger partial charge in [-0.3, -0.25) is 4.90 Å². The third-order valence-electron chi connectivity index (χ3n) is 3.24. The Hall–Kier alpha value is -1.53. The van der Waals surface area contributed by atoms with Gasteiger partial charge in [-0.2, -0.15) is 5.26 Å². The standard InChI is InChI=1S/C14H20N2O/c1-9-7-13(17-6)10(2)11(3)14(9)12(8-15)16(4)5/h7,12H,1-6H3. The molecule has 1 atom stereocenters. The zero-order chi connectivity index (χ0) is 13.2. The van der Waals surface area contributed by atoms with E-state index in [0.29, 0.717) is 0 Å². The number of hydrogen-bond donors (Lipinski definition) is 0. The monoisotopic (exact) mass is 232 g/mol. The second kappa shape index (κ2) is 5.20. The molecule has 0 spiro atoms. The Morgan fingerprint density at radius 3 is 2.24 bits per heavy atom. The molecule has 1 aromatic rings. The highest BCUT2D eigenvalue weighted by molar-refractivity contribution is 5.50. The molecule has 3 nitrogen and oxygen atoms in total. The van der Waals surface area contributed by atoms with Crippen LogP contribution in [0.2, 0.25) is 0 Å². The summed E-state index contributed by atoms with van der Waals surface area (Å²) in [7, 11) is 5.52. The summed E-state index contributed by atoms with van der Waals surface area (Å²) in [6.45, 7) is 6.10. The Labute approximate surface area is 104 Å². The van der Waals surface area contributed by atoms with Crippen LogP contribution in [-0.4, -0.2) is 26.1 Å². The van der Waals surface area contributed by atoms with Gasteiger partial charge in [0.15, 0.2) is 0 Å². The molecule has 1 aromatic carbocycles. The quantitative estimate of drug-likeness (QED) is 0.804. The third-order valence-corrected chi connectivity index (χ3v) is 3.24. The fourth-order valence-corrected chi connectivity index (χ4v) is 2.14. The summed E-state index contributed by atoms with van der Waals surface area (Å²) in [5, 5.41) is 9.29. The molecule has 0 saturated heterocycles. The minimum absolute atomic E-state index is 0.209. The van der Waals surface area contributed by atoms with E-state index in [4.69, 9.17) is 4.74 Å². The van der Waals surface area contributed by atoms with Crippen molar-refractivity contribution in [2.75, 3.05) is 21.2 Å². The van der Waals surface area contributed by atoms with Gasteiger partial charge in [-0.05, 0) is 63.2 Å². The topological polar surface area (TPSA) is 36.3 Å². The van der Waals surface area contributed by atoms with Gasteiger partial charge in [-0.25, -0.2) is 0 Å². The Bertz CT molecular complexity index is 458. The molecule has 0 saturated carbocycles. The fourth-order valence-electron chi connectivity index (χ4n) is 2.14. The summed E-state index contributed by atoms with van der Waals surface area (Å²) in [6.07, 6.45) is 0. The largest absolute Gasteiger partial charge is 0.496 e. The lowest BCUT2D eigenvalue weighted by molar-refractivity contribution is 0.355. The van der Waals surface area contributed by atoms with E-state index in [1.807, 2.05) is 45.8 Å². The van der Waals surface area contributed by atoms with Crippen LogP contribution < -0.4 is 4.74 Å². The Balaban J connectivity index is 3.45. The first kappa shape index (κ1) is 13.5. The maximum Gasteiger partial charge on any atom is 0.123 e. The Kier molecular flexibility index (Phi) is 4.14. The maximum absolute atomic E-state index is 9.29. The minimum atomic E-state index is -0.209. The maximum atomic E-state index is 9.29. The number of nitriles is 1. The normalized spacial score (nSPS) is 12.4. The minimum Gasteiger partial charge on any atom is -0.496 e. The van der Waals surface area contributed by atoms with Crippen molar-refractivity contribution in [1.82, 2.24) is 4.90 Å². The highest BCUT2D eigenvalue weighted by Crippen LogP contribution is 2.32. The number of ether oxygens (including phenoxy) is 1. The molecule has 17 heavy (non-hydrogen) atoms. The summed E-state index contributed by atoms with van der Waals surface area (Å²) < 4.78 is 5.34. The molecule has 0 bridgehead atoms. The number of nitrogens with zero attached hydrogens (tertiary/aromatic N) is 2. The van der Waals surface area contributed by atoms with Gasteiger partial charge in [0.2, 0.25) is 0 Å². The van der Waals surface area contributed by atoms with Crippen LogP contribution in [0.3, 0.4) is 0 Å². The summed E-state index contributed by atoms with van der Waals surface area (Å²) in [5.74, 6) is 0.888. The first-order chi connectivity index (χ1) is 7.93. The SMILES string of the molecule is COc1cc(C)c(C(C#N)N(C)C)c(C)c1C. The Morgan fingerprint density at radius 1 is 1.24 bits per heavy atom. The second-order valence-electron chi connectivity index (χ2n) is 4.55. The van der Waals surface area contributed by atoms with Crippen molar-refractivity contribution in [3.63, 3.8) is 0 Å². The van der Waals surface area contributed by atoms with Crippen LogP contribution in [-0.2, 0) is 0 Å². The summed E-state index contributed by atoms with van der Waals surface area (Å²) >= 11 is 0. The van der Waals surface area contributed by atoms with Crippen molar-refractivity contribution < 1.29 is 4.74 Å². The van der Waals surface area contributed by atoms with E-state index in [-0.39, 0.29) is 6.04 Å². The van der Waals surface area contributed by atoms with Crippen LogP contribution in [0.4, 0.5) is 0 Å². The molecule has 0 fully saturated rings. The van der Waals surface area contributed by atoms with E-state index >= 15 is 0 Å². The fraction of sp³-hybridized carbons (Fsp3) is 0.500. The van der Waals surface area contributed by atoms with Crippen LogP contribution >= 0.6 is 0 Å². The summed E-state index contributed by atoms with van der Waals surface area (Å²) in [6, 6.07) is 4.15. The molecule has 0 aliphatic rings. The van der Waals surface area contributed by atoms with E-state index in [1.54, 1.807) is 7.11 Å². The third kappa shape index (κ3) is 2.42. The van der Waals surface area contributed by atoms with E-state index in [2.05, 4.69) is 6.07 Å². The molecule has 1 unspecified atom stereocenters. The van der Waals surface area contributed by atoms with Crippen LogP contribution in [0, 0.1) is 32.1 Å². The smallest absolute Gasteiger partial charge is 0.123 e. The molecular formula is C14H20N2O. The predicted octanol–water partition coefficient (Wildman–Crippen LogP) is 2.75. The van der Waals surface area contributed by atoms with Crippen LogP contribution in [0.15, 0.2) is 6.07 Å². The summed E-state index contributed by atoms with van der Waals surface area (Å²) in [5.41, 5.74) is 4.44. The van der Waals surface area contributed by atoms with Gasteiger partial charge in [-0.1, -0.05) is 0 Å². The zero-order valence-corrected chi connectivity index (χ0v) is 11.5. The summed E-state index contributed by atoms with van der Waals surface area (Å²) in [4.78, 5) is 1.93. The van der Waals surface area contributed by atoms with Gasteiger partial charge in [-0.15, -0.1) is 0 Å². The second-order valence-corrected chi connectivity index (χ2v) is 4.55. The van der Waals surface area contributed by atoms with Gasteiger partial charge in [0, 0.05) is 0 Å². The van der Waals surface area contributed by atoms with Gasteiger partial charge in [0.05, 0.1) is 13.2 Å². The predicted molar refractivity (Wildman–Crippen MR) is 69.2 cm³/mol. The van der Waals surface area contributed by atoms with Crippen molar-refractivity contribution in [2.45, 2.75) is 26.8 Å². The molecule has 92 valence electrons. The van der Waals surface area contributed by atoms with Gasteiger partial charge in [0.1, 0.15) is 11.8 Å². The van der Waals surface area contributed by atoms with E-state index in [0.717, 1.165) is 28.0 Å². The molecule has 3 heteroatoms. The highest BCUT2D eigenvalue weighted by Gasteiger charge is 2.20. The number of aryl methyl sites for hydroxylation is 1. The lowest BCUT2D eigenvalue weighted by atomic mass is 9.92. The molecule has 0 aliphatic heterocycles. The molecule has 0 aromatic heterocycles. The van der Waals surface area contributed by atoms with Crippen LogP contribution in [0.1, 0.15) is 28.3 Å². The van der Waals surface area contributed by atoms with Gasteiger partial charge >= 0.3 is 0 Å². The average Bonchev–Trinajstić information content (AvgIpc) is 2.28. The van der Waals surface area contributed by atoms with Crippen molar-refractivity contribution in [2.24, 2.45) is 0 Å². The molecular weight excluding hydrogens is 212 g/mol. The molecule has 1 rings (SSSR count). The molecule has 0 aliphatic carbocycles. The lowest BCUT2D eigenvalue weighted by Gasteiger charge is -2.23. The van der Waals surface area contributed by atoms with Crippen molar-refractivity contribution in [3.8, 4) is 11.8 Å². The van der Waals surface area contributed by atoms with Crippen molar-refractivity contribution in [1.29, 1.82) is 5.26 Å². The van der Waals surface area contributed by atoms with Crippen LogP contribution in [0.5, 0.6) is 5.75 Å². The van der Waals surface area contributed by atoms with E-state index in [1.165, 1.54) is 0 Å². The first-order valence-electron chi connectivity index (χ1n) is 5.64. The molecule has 0 N–H and O–H groups in total. The van der Waals surface area contributed by atoms with Crippen LogP contribution in [0.25, 0.3) is 0 Å². The lowest BCUT2D eigenvalue weighted by Crippen LogP contribution is -2.20. The van der Waals surface area contributed by atoms with E-state index in [9.17, 15) is 5.26 Å². The number of benzene rings is 1.